The Balaban J connectivity index is 1.22. The molecule has 3 aliphatic heterocycles. The standard InChI is InChI=1S/C20H24N4O5/c25-20(24-6-8-26-9-7-24)15-2-1-5-23(11-15)12-18-21-19(22-29-18)14-3-4-16-17(10-14)28-13-27-16/h3-4,10,15H,1-2,5-9,11-13H2. The Hall–Kier alpha value is -2.65. The number of piperidine rings is 1. The van der Waals surface area contributed by atoms with E-state index in [0.29, 0.717) is 50.3 Å². The first-order valence-electron chi connectivity index (χ1n) is 10.1. The van der Waals surface area contributed by atoms with Crippen molar-refractivity contribution in [2.75, 3.05) is 46.2 Å². The molecule has 4 heterocycles. The lowest BCUT2D eigenvalue weighted by Crippen LogP contribution is -2.48. The quantitative estimate of drug-likeness (QED) is 0.763. The van der Waals surface area contributed by atoms with E-state index in [-0.39, 0.29) is 18.6 Å². The summed E-state index contributed by atoms with van der Waals surface area (Å²) in [6.45, 7) is 5.07. The van der Waals surface area contributed by atoms with E-state index in [1.807, 2.05) is 23.1 Å². The van der Waals surface area contributed by atoms with Crippen molar-refractivity contribution in [2.24, 2.45) is 5.92 Å². The molecule has 0 saturated carbocycles. The number of amides is 1. The van der Waals surface area contributed by atoms with Gasteiger partial charge in [0.1, 0.15) is 0 Å². The van der Waals surface area contributed by atoms with Crippen molar-refractivity contribution in [2.45, 2.75) is 19.4 Å². The number of nitrogens with zero attached hydrogens (tertiary/aromatic N) is 4. The number of fused-ring (bicyclic) bond motifs is 1. The van der Waals surface area contributed by atoms with Gasteiger partial charge in [0.15, 0.2) is 11.5 Å². The molecule has 2 fully saturated rings. The summed E-state index contributed by atoms with van der Waals surface area (Å²) in [5, 5.41) is 4.11. The van der Waals surface area contributed by atoms with Gasteiger partial charge in [-0.25, -0.2) is 0 Å². The summed E-state index contributed by atoms with van der Waals surface area (Å²) in [5.41, 5.74) is 0.822. The predicted octanol–water partition coefficient (Wildman–Crippen LogP) is 1.54. The average molecular weight is 400 g/mol. The third kappa shape index (κ3) is 3.92. The fourth-order valence-corrected chi connectivity index (χ4v) is 4.11. The van der Waals surface area contributed by atoms with Gasteiger partial charge in [-0.2, -0.15) is 4.98 Å². The van der Waals surface area contributed by atoms with Gasteiger partial charge in [0.2, 0.25) is 24.4 Å². The SMILES string of the molecule is O=C(C1CCCN(Cc2nc(-c3ccc4c(c3)OCO4)no2)C1)N1CCOCC1. The molecule has 1 atom stereocenters. The highest BCUT2D eigenvalue weighted by molar-refractivity contribution is 5.79. The summed E-state index contributed by atoms with van der Waals surface area (Å²) >= 11 is 0. The van der Waals surface area contributed by atoms with Crippen molar-refractivity contribution in [3.63, 3.8) is 0 Å². The van der Waals surface area contributed by atoms with Crippen LogP contribution in [0.3, 0.4) is 0 Å². The normalized spacial score (nSPS) is 22.1. The Morgan fingerprint density at radius 3 is 2.90 bits per heavy atom. The second kappa shape index (κ2) is 8.00. The molecule has 3 aliphatic rings. The molecule has 0 N–H and O–H groups in total. The number of likely N-dealkylation sites (tertiary alicyclic amines) is 1. The van der Waals surface area contributed by atoms with Gasteiger partial charge in [-0.15, -0.1) is 0 Å². The number of carbonyl (C=O) groups is 1. The first-order chi connectivity index (χ1) is 14.3. The number of benzene rings is 1. The second-order valence-corrected chi connectivity index (χ2v) is 7.59. The van der Waals surface area contributed by atoms with Gasteiger partial charge in [-0.3, -0.25) is 9.69 Å². The van der Waals surface area contributed by atoms with Crippen molar-refractivity contribution in [1.29, 1.82) is 0 Å². The van der Waals surface area contributed by atoms with E-state index in [1.165, 1.54) is 0 Å². The maximum atomic E-state index is 12.8. The molecule has 0 bridgehead atoms. The van der Waals surface area contributed by atoms with Crippen LogP contribution in [0.4, 0.5) is 0 Å². The maximum Gasteiger partial charge on any atom is 0.241 e. The molecule has 0 spiro atoms. The van der Waals surface area contributed by atoms with Gasteiger partial charge >= 0.3 is 0 Å². The summed E-state index contributed by atoms with van der Waals surface area (Å²) in [4.78, 5) is 21.5. The zero-order valence-electron chi connectivity index (χ0n) is 16.2. The number of aromatic nitrogens is 2. The van der Waals surface area contributed by atoms with Crippen LogP contribution < -0.4 is 9.47 Å². The highest BCUT2D eigenvalue weighted by atomic mass is 16.7. The maximum absolute atomic E-state index is 12.8. The van der Waals surface area contributed by atoms with Crippen molar-refractivity contribution in [1.82, 2.24) is 19.9 Å². The van der Waals surface area contributed by atoms with Crippen LogP contribution in [0.2, 0.25) is 0 Å². The van der Waals surface area contributed by atoms with Crippen LogP contribution in [0.5, 0.6) is 11.5 Å². The first-order valence-corrected chi connectivity index (χ1v) is 10.1. The molecular weight excluding hydrogens is 376 g/mol. The molecule has 1 unspecified atom stereocenters. The minimum atomic E-state index is 0.0260. The highest BCUT2D eigenvalue weighted by Gasteiger charge is 2.30. The van der Waals surface area contributed by atoms with E-state index in [4.69, 9.17) is 18.7 Å². The first kappa shape index (κ1) is 18.4. The van der Waals surface area contributed by atoms with Crippen LogP contribution in [0, 0.1) is 5.92 Å². The molecule has 2 saturated heterocycles. The highest BCUT2D eigenvalue weighted by Crippen LogP contribution is 2.35. The Morgan fingerprint density at radius 2 is 2.00 bits per heavy atom. The average Bonchev–Trinajstić information content (AvgIpc) is 3.43. The van der Waals surface area contributed by atoms with E-state index < -0.39 is 0 Å². The fraction of sp³-hybridized carbons (Fsp3) is 0.550. The van der Waals surface area contributed by atoms with Crippen LogP contribution in [0.1, 0.15) is 18.7 Å². The van der Waals surface area contributed by atoms with Crippen LogP contribution in [0.25, 0.3) is 11.4 Å². The molecule has 5 rings (SSSR count). The topological polar surface area (TPSA) is 90.2 Å². The summed E-state index contributed by atoms with van der Waals surface area (Å²) < 4.78 is 21.6. The van der Waals surface area contributed by atoms with E-state index in [0.717, 1.165) is 37.2 Å². The molecule has 1 aromatic heterocycles. The summed E-state index contributed by atoms with van der Waals surface area (Å²) in [5.74, 6) is 2.76. The van der Waals surface area contributed by atoms with Crippen LogP contribution >= 0.6 is 0 Å². The van der Waals surface area contributed by atoms with E-state index in [2.05, 4.69) is 15.0 Å². The molecule has 0 aliphatic carbocycles. The largest absolute Gasteiger partial charge is 0.454 e. The van der Waals surface area contributed by atoms with Gasteiger partial charge in [-0.05, 0) is 37.6 Å². The van der Waals surface area contributed by atoms with E-state index in [1.54, 1.807) is 0 Å². The smallest absolute Gasteiger partial charge is 0.241 e. The zero-order chi connectivity index (χ0) is 19.6. The molecule has 154 valence electrons. The van der Waals surface area contributed by atoms with Gasteiger partial charge in [0.25, 0.3) is 0 Å². The number of morpholine rings is 1. The number of hydrogen-bond donors (Lipinski definition) is 0. The van der Waals surface area contributed by atoms with Gasteiger partial charge in [0.05, 0.1) is 25.7 Å². The molecule has 9 heteroatoms. The molecular formula is C20H24N4O5. The monoisotopic (exact) mass is 400 g/mol. The van der Waals surface area contributed by atoms with Crippen LogP contribution in [-0.4, -0.2) is 72.0 Å². The Bertz CT molecular complexity index is 880. The minimum absolute atomic E-state index is 0.0260. The molecule has 1 amide bonds. The number of ether oxygens (including phenoxy) is 3. The van der Waals surface area contributed by atoms with Gasteiger partial charge < -0.3 is 23.6 Å². The lowest BCUT2D eigenvalue weighted by atomic mass is 9.96. The molecule has 29 heavy (non-hydrogen) atoms. The molecule has 9 nitrogen and oxygen atoms in total. The molecule has 0 radical (unpaired) electrons. The zero-order valence-corrected chi connectivity index (χ0v) is 16.2. The van der Waals surface area contributed by atoms with Crippen molar-refractivity contribution in [3.8, 4) is 22.9 Å². The predicted molar refractivity (Wildman–Crippen MR) is 101 cm³/mol. The van der Waals surface area contributed by atoms with Crippen molar-refractivity contribution < 1.29 is 23.5 Å². The Morgan fingerprint density at radius 1 is 1.14 bits per heavy atom. The second-order valence-electron chi connectivity index (χ2n) is 7.59. The summed E-state index contributed by atoms with van der Waals surface area (Å²) in [7, 11) is 0. The van der Waals surface area contributed by atoms with Gasteiger partial charge in [-0.1, -0.05) is 5.16 Å². The Labute approximate surface area is 168 Å². The van der Waals surface area contributed by atoms with Gasteiger partial charge in [0, 0.05) is 25.2 Å². The van der Waals surface area contributed by atoms with E-state index in [9.17, 15) is 4.79 Å². The van der Waals surface area contributed by atoms with Crippen LogP contribution in [0.15, 0.2) is 22.7 Å². The van der Waals surface area contributed by atoms with Crippen molar-refractivity contribution in [3.05, 3.63) is 24.1 Å². The molecule has 2 aromatic rings. The van der Waals surface area contributed by atoms with Crippen molar-refractivity contribution >= 4 is 5.91 Å². The fourth-order valence-electron chi connectivity index (χ4n) is 4.11. The lowest BCUT2D eigenvalue weighted by molar-refractivity contribution is -0.141. The third-order valence-electron chi connectivity index (χ3n) is 5.64. The number of hydrogen-bond acceptors (Lipinski definition) is 8. The summed E-state index contributed by atoms with van der Waals surface area (Å²) in [6.07, 6.45) is 1.92. The minimum Gasteiger partial charge on any atom is -0.454 e. The number of carbonyl (C=O) groups excluding carboxylic acids is 1. The summed E-state index contributed by atoms with van der Waals surface area (Å²) in [6, 6.07) is 5.59. The number of rotatable bonds is 4. The Kier molecular flexibility index (Phi) is 5.07. The lowest BCUT2D eigenvalue weighted by Gasteiger charge is -2.35. The van der Waals surface area contributed by atoms with Crippen LogP contribution in [-0.2, 0) is 16.1 Å². The molecule has 1 aromatic carbocycles. The van der Waals surface area contributed by atoms with E-state index >= 15 is 0 Å². The third-order valence-corrected chi connectivity index (χ3v) is 5.64.